The predicted octanol–water partition coefficient (Wildman–Crippen LogP) is 1.49. The molecule has 0 aliphatic carbocycles. The van der Waals surface area contributed by atoms with E-state index in [9.17, 15) is 22.8 Å². The zero-order chi connectivity index (χ0) is 21.4. The summed E-state index contributed by atoms with van der Waals surface area (Å²) in [5.74, 6) is -1.37. The van der Waals surface area contributed by atoms with Crippen LogP contribution in [0.3, 0.4) is 0 Å². The number of rotatable bonds is 7. The van der Waals surface area contributed by atoms with Gasteiger partial charge < -0.3 is 14.8 Å². The summed E-state index contributed by atoms with van der Waals surface area (Å²) >= 11 is 0. The maximum Gasteiger partial charge on any atom is 0.515 e. The minimum atomic E-state index is -4.16. The smallest absolute Gasteiger partial charge is 0.434 e. The van der Waals surface area contributed by atoms with Gasteiger partial charge in [0.05, 0.1) is 17.1 Å². The van der Waals surface area contributed by atoms with E-state index in [1.54, 1.807) is 13.8 Å². The van der Waals surface area contributed by atoms with E-state index in [0.29, 0.717) is 12.1 Å². The molecule has 0 saturated carbocycles. The fourth-order valence-electron chi connectivity index (χ4n) is 2.10. The molecule has 0 saturated heterocycles. The highest BCUT2D eigenvalue weighted by Gasteiger charge is 2.20. The van der Waals surface area contributed by atoms with Gasteiger partial charge in [0.2, 0.25) is 5.88 Å². The Labute approximate surface area is 167 Å². The molecule has 29 heavy (non-hydrogen) atoms. The van der Waals surface area contributed by atoms with E-state index < -0.39 is 22.1 Å². The maximum atomic E-state index is 12.4. The van der Waals surface area contributed by atoms with Crippen molar-refractivity contribution in [1.82, 2.24) is 15.0 Å². The molecule has 0 spiro atoms. The number of sulfonamides is 1. The van der Waals surface area contributed by atoms with E-state index in [-0.39, 0.29) is 28.9 Å². The number of amides is 2. The number of pyridine rings is 1. The molecule has 0 fully saturated rings. The number of nitrogens with zero attached hydrogens (tertiary/aromatic N) is 1. The van der Waals surface area contributed by atoms with Gasteiger partial charge >= 0.3 is 6.16 Å². The molecule has 154 valence electrons. The highest BCUT2D eigenvalue weighted by molar-refractivity contribution is 7.90. The van der Waals surface area contributed by atoms with E-state index in [1.165, 1.54) is 36.4 Å². The predicted molar refractivity (Wildman–Crippen MR) is 101 cm³/mol. The third kappa shape index (κ3) is 6.01. The number of carbonyl (C=O) groups is 3. The molecule has 2 aromatic rings. The summed E-state index contributed by atoms with van der Waals surface area (Å²) in [5, 5.41) is 2.59. The third-order valence-corrected chi connectivity index (χ3v) is 4.79. The monoisotopic (exact) mass is 421 g/mol. The maximum absolute atomic E-state index is 12.4. The molecule has 1 aromatic heterocycles. The second kappa shape index (κ2) is 9.64. The van der Waals surface area contributed by atoms with Crippen LogP contribution in [0.4, 0.5) is 4.79 Å². The average molecular weight is 421 g/mol. The summed E-state index contributed by atoms with van der Waals surface area (Å²) in [4.78, 5) is 38.7. The first-order valence-corrected chi connectivity index (χ1v) is 10.0. The molecule has 0 aliphatic rings. The van der Waals surface area contributed by atoms with Gasteiger partial charge in [0, 0.05) is 24.4 Å². The zero-order valence-corrected chi connectivity index (χ0v) is 16.5. The van der Waals surface area contributed by atoms with Crippen LogP contribution in [0.15, 0.2) is 47.5 Å². The number of nitrogens with one attached hydrogen (secondary N) is 2. The van der Waals surface area contributed by atoms with Crippen molar-refractivity contribution in [2.75, 3.05) is 13.2 Å². The number of aromatic nitrogens is 1. The van der Waals surface area contributed by atoms with Gasteiger partial charge in [-0.3, -0.25) is 9.59 Å². The van der Waals surface area contributed by atoms with Crippen LogP contribution in [0.5, 0.6) is 5.88 Å². The van der Waals surface area contributed by atoms with E-state index in [2.05, 4.69) is 15.0 Å². The highest BCUT2D eigenvalue weighted by atomic mass is 32.2. The third-order valence-electron chi connectivity index (χ3n) is 3.44. The molecule has 10 nitrogen and oxygen atoms in total. The van der Waals surface area contributed by atoms with Gasteiger partial charge in [0.25, 0.3) is 21.8 Å². The van der Waals surface area contributed by atoms with Gasteiger partial charge in [-0.1, -0.05) is 0 Å². The van der Waals surface area contributed by atoms with Gasteiger partial charge in [-0.15, -0.1) is 0 Å². The molecule has 0 unspecified atom stereocenters. The first-order chi connectivity index (χ1) is 13.8. The Hall–Kier alpha value is -3.47. The second-order valence-electron chi connectivity index (χ2n) is 5.49. The minimum Gasteiger partial charge on any atom is -0.434 e. The van der Waals surface area contributed by atoms with Crippen molar-refractivity contribution in [3.63, 3.8) is 0 Å². The molecule has 2 rings (SSSR count). The van der Waals surface area contributed by atoms with Crippen molar-refractivity contribution < 1.29 is 32.3 Å². The van der Waals surface area contributed by atoms with Crippen molar-refractivity contribution in [1.29, 1.82) is 0 Å². The summed E-state index contributed by atoms with van der Waals surface area (Å²) in [6.07, 6.45) is 0.105. The van der Waals surface area contributed by atoms with Crippen LogP contribution in [-0.2, 0) is 14.8 Å². The Morgan fingerprint density at radius 3 is 2.17 bits per heavy atom. The van der Waals surface area contributed by atoms with Crippen molar-refractivity contribution in [3.05, 3.63) is 53.7 Å². The van der Waals surface area contributed by atoms with E-state index in [1.807, 2.05) is 4.72 Å². The first-order valence-electron chi connectivity index (χ1n) is 8.53. The largest absolute Gasteiger partial charge is 0.515 e. The summed E-state index contributed by atoms with van der Waals surface area (Å²) < 4.78 is 36.0. The number of ether oxygens (including phenoxy) is 2. The molecule has 1 heterocycles. The molecular weight excluding hydrogens is 402 g/mol. The van der Waals surface area contributed by atoms with Crippen LogP contribution in [-0.4, -0.2) is 44.5 Å². The Morgan fingerprint density at radius 2 is 1.62 bits per heavy atom. The number of carbonyl (C=O) groups excluding carboxylic acids is 3. The lowest BCUT2D eigenvalue weighted by atomic mass is 10.2. The van der Waals surface area contributed by atoms with E-state index in [0.717, 1.165) is 6.20 Å². The van der Waals surface area contributed by atoms with Crippen LogP contribution < -0.4 is 14.8 Å². The lowest BCUT2D eigenvalue weighted by molar-refractivity contribution is 0.0951. The molecule has 0 atom stereocenters. The fraction of sp³-hybridized carbons (Fsp3) is 0.222. The first kappa shape index (κ1) is 21.8. The quantitative estimate of drug-likeness (QED) is 0.641. The van der Waals surface area contributed by atoms with E-state index in [4.69, 9.17) is 4.74 Å². The standard InChI is InChI=1S/C18H19N3O7S/c1-3-19-16(22)12-5-8-14(9-6-12)29(25,26)21-17(23)13-7-10-15(20-11-13)28-18(24)27-4-2/h5-11H,3-4H2,1-2H3,(H,19,22)(H,21,23). The summed E-state index contributed by atoms with van der Waals surface area (Å²) in [5.41, 5.74) is 0.224. The molecule has 11 heteroatoms. The Balaban J connectivity index is 2.07. The lowest BCUT2D eigenvalue weighted by Crippen LogP contribution is -2.30. The van der Waals surface area contributed by atoms with Gasteiger partial charge in [0.1, 0.15) is 0 Å². The molecule has 0 bridgehead atoms. The Bertz CT molecular complexity index is 987. The van der Waals surface area contributed by atoms with Crippen molar-refractivity contribution >= 4 is 28.0 Å². The minimum absolute atomic E-state index is 0.0660. The Kier molecular flexibility index (Phi) is 7.26. The van der Waals surface area contributed by atoms with Gasteiger partial charge in [-0.05, 0) is 44.2 Å². The number of hydrogen-bond acceptors (Lipinski definition) is 8. The van der Waals surface area contributed by atoms with E-state index >= 15 is 0 Å². The van der Waals surface area contributed by atoms with Crippen LogP contribution in [0.25, 0.3) is 0 Å². The van der Waals surface area contributed by atoms with Crippen LogP contribution >= 0.6 is 0 Å². The molecule has 0 radical (unpaired) electrons. The van der Waals surface area contributed by atoms with Crippen LogP contribution in [0.1, 0.15) is 34.6 Å². The van der Waals surface area contributed by atoms with Crippen molar-refractivity contribution in [2.45, 2.75) is 18.7 Å². The SMILES string of the molecule is CCNC(=O)c1ccc(S(=O)(=O)NC(=O)c2ccc(OC(=O)OCC)nc2)cc1. The Morgan fingerprint density at radius 1 is 0.966 bits per heavy atom. The summed E-state index contributed by atoms with van der Waals surface area (Å²) in [6, 6.07) is 7.58. The molecule has 2 N–H and O–H groups in total. The van der Waals surface area contributed by atoms with Crippen molar-refractivity contribution in [3.8, 4) is 5.88 Å². The molecular formula is C18H19N3O7S. The lowest BCUT2D eigenvalue weighted by Gasteiger charge is -2.08. The highest BCUT2D eigenvalue weighted by Crippen LogP contribution is 2.13. The molecule has 1 aromatic carbocycles. The topological polar surface area (TPSA) is 141 Å². The average Bonchev–Trinajstić information content (AvgIpc) is 2.68. The molecule has 0 aliphatic heterocycles. The van der Waals surface area contributed by atoms with Gasteiger partial charge in [0.15, 0.2) is 0 Å². The fourth-order valence-corrected chi connectivity index (χ4v) is 3.07. The number of benzene rings is 1. The number of hydrogen-bond donors (Lipinski definition) is 2. The van der Waals surface area contributed by atoms with Gasteiger partial charge in [-0.2, -0.15) is 0 Å². The second-order valence-corrected chi connectivity index (χ2v) is 7.17. The zero-order valence-electron chi connectivity index (χ0n) is 15.7. The normalized spacial score (nSPS) is 10.7. The summed E-state index contributed by atoms with van der Waals surface area (Å²) in [7, 11) is -4.16. The van der Waals surface area contributed by atoms with Crippen LogP contribution in [0, 0.1) is 0 Å². The van der Waals surface area contributed by atoms with Crippen LogP contribution in [0.2, 0.25) is 0 Å². The summed E-state index contributed by atoms with van der Waals surface area (Å²) in [6.45, 7) is 3.93. The molecule has 2 amide bonds. The van der Waals surface area contributed by atoms with Gasteiger partial charge in [-0.25, -0.2) is 22.9 Å². The van der Waals surface area contributed by atoms with Crippen molar-refractivity contribution in [2.24, 2.45) is 0 Å².